The van der Waals surface area contributed by atoms with E-state index >= 15 is 0 Å². The fraction of sp³-hybridized carbons (Fsp3) is 0.667. The number of benzene rings is 1. The fourth-order valence-electron chi connectivity index (χ4n) is 2.50. The zero-order valence-electron chi connectivity index (χ0n) is 13.0. The molecule has 1 nitrogen and oxygen atoms in total. The monoisotopic (exact) mass is 261 g/mol. The second-order valence-electron chi connectivity index (χ2n) is 5.66. The molecule has 1 N–H and O–H groups in total. The molecule has 19 heavy (non-hydrogen) atoms. The molecule has 0 bridgehead atoms. The summed E-state index contributed by atoms with van der Waals surface area (Å²) in [7, 11) is 0. The third-order valence-corrected chi connectivity index (χ3v) is 3.77. The van der Waals surface area contributed by atoms with Gasteiger partial charge in [0.05, 0.1) is 0 Å². The third-order valence-electron chi connectivity index (χ3n) is 3.77. The predicted molar refractivity (Wildman–Crippen MR) is 85.8 cm³/mol. The first-order valence-electron chi connectivity index (χ1n) is 8.05. The Morgan fingerprint density at radius 3 is 2.32 bits per heavy atom. The van der Waals surface area contributed by atoms with Crippen LogP contribution in [0.1, 0.15) is 69.4 Å². The molecular formula is C18H31N. The minimum Gasteiger partial charge on any atom is -0.316 e. The molecule has 0 aliphatic rings. The zero-order valence-corrected chi connectivity index (χ0v) is 13.0. The van der Waals surface area contributed by atoms with Crippen LogP contribution in [-0.4, -0.2) is 13.1 Å². The Bertz CT molecular complexity index is 315. The molecule has 1 aromatic carbocycles. The van der Waals surface area contributed by atoms with Gasteiger partial charge in [-0.2, -0.15) is 0 Å². The molecule has 1 atom stereocenters. The zero-order chi connectivity index (χ0) is 13.9. The van der Waals surface area contributed by atoms with E-state index in [1.807, 2.05) is 0 Å². The average Bonchev–Trinajstić information content (AvgIpc) is 2.43. The second kappa shape index (κ2) is 10.0. The van der Waals surface area contributed by atoms with Gasteiger partial charge < -0.3 is 5.32 Å². The molecule has 0 spiro atoms. The van der Waals surface area contributed by atoms with E-state index in [1.54, 1.807) is 0 Å². The van der Waals surface area contributed by atoms with Crippen LogP contribution >= 0.6 is 0 Å². The second-order valence-corrected chi connectivity index (χ2v) is 5.66. The summed E-state index contributed by atoms with van der Waals surface area (Å²) in [5.41, 5.74) is 2.86. The molecule has 0 aliphatic heterocycles. The normalized spacial score (nSPS) is 12.6. The van der Waals surface area contributed by atoms with Crippen LogP contribution in [-0.2, 0) is 0 Å². The first kappa shape index (κ1) is 16.2. The van der Waals surface area contributed by atoms with E-state index in [0.717, 1.165) is 13.1 Å². The van der Waals surface area contributed by atoms with E-state index in [0.29, 0.717) is 5.92 Å². The summed E-state index contributed by atoms with van der Waals surface area (Å²) in [4.78, 5) is 0. The fourth-order valence-corrected chi connectivity index (χ4v) is 2.50. The molecule has 0 heterocycles. The lowest BCUT2D eigenvalue weighted by atomic mass is 9.92. The van der Waals surface area contributed by atoms with Crippen molar-refractivity contribution < 1.29 is 0 Å². The summed E-state index contributed by atoms with van der Waals surface area (Å²) in [6.07, 6.45) is 7.98. The summed E-state index contributed by atoms with van der Waals surface area (Å²) >= 11 is 0. The first-order chi connectivity index (χ1) is 9.27. The van der Waals surface area contributed by atoms with Crippen molar-refractivity contribution in [3.05, 3.63) is 35.4 Å². The van der Waals surface area contributed by atoms with Crippen LogP contribution in [0.3, 0.4) is 0 Å². The van der Waals surface area contributed by atoms with E-state index < -0.39 is 0 Å². The molecule has 1 heteroatoms. The average molecular weight is 261 g/mol. The Balaban J connectivity index is 2.49. The van der Waals surface area contributed by atoms with E-state index in [9.17, 15) is 0 Å². The largest absolute Gasteiger partial charge is 0.316 e. The molecule has 108 valence electrons. The van der Waals surface area contributed by atoms with Crippen LogP contribution in [0.25, 0.3) is 0 Å². The van der Waals surface area contributed by atoms with Gasteiger partial charge >= 0.3 is 0 Å². The Kier molecular flexibility index (Phi) is 8.57. The van der Waals surface area contributed by atoms with Crippen molar-refractivity contribution in [3.8, 4) is 0 Å². The van der Waals surface area contributed by atoms with Crippen LogP contribution < -0.4 is 5.32 Å². The van der Waals surface area contributed by atoms with Gasteiger partial charge in [0.25, 0.3) is 0 Å². The van der Waals surface area contributed by atoms with Gasteiger partial charge in [0.15, 0.2) is 0 Å². The van der Waals surface area contributed by atoms with Gasteiger partial charge in [-0.15, -0.1) is 0 Å². The number of unbranched alkanes of at least 4 members (excludes halogenated alkanes) is 3. The van der Waals surface area contributed by atoms with Crippen LogP contribution in [0.15, 0.2) is 24.3 Å². The molecule has 1 rings (SSSR count). The lowest BCUT2D eigenvalue weighted by molar-refractivity contribution is 0.513. The molecule has 0 amide bonds. The van der Waals surface area contributed by atoms with Gasteiger partial charge in [0.1, 0.15) is 0 Å². The van der Waals surface area contributed by atoms with Crippen LogP contribution in [0.4, 0.5) is 0 Å². The number of rotatable bonds is 10. The van der Waals surface area contributed by atoms with Gasteiger partial charge in [-0.3, -0.25) is 0 Å². The number of hydrogen-bond donors (Lipinski definition) is 1. The lowest BCUT2D eigenvalue weighted by Gasteiger charge is -2.18. The molecule has 0 saturated heterocycles. The number of aryl methyl sites for hydroxylation is 1. The van der Waals surface area contributed by atoms with Crippen molar-refractivity contribution in [1.82, 2.24) is 5.32 Å². The molecule has 0 aromatic heterocycles. The van der Waals surface area contributed by atoms with Crippen LogP contribution in [0, 0.1) is 6.92 Å². The highest BCUT2D eigenvalue weighted by Gasteiger charge is 2.10. The Morgan fingerprint density at radius 2 is 1.68 bits per heavy atom. The van der Waals surface area contributed by atoms with Crippen molar-refractivity contribution in [1.29, 1.82) is 0 Å². The molecule has 0 saturated carbocycles. The maximum absolute atomic E-state index is 3.59. The molecule has 0 fully saturated rings. The van der Waals surface area contributed by atoms with E-state index in [-0.39, 0.29) is 0 Å². The molecule has 1 aromatic rings. The molecule has 0 radical (unpaired) electrons. The van der Waals surface area contributed by atoms with Crippen molar-refractivity contribution in [3.63, 3.8) is 0 Å². The Labute approximate surface area is 119 Å². The molecule has 1 unspecified atom stereocenters. The Morgan fingerprint density at radius 1 is 0.947 bits per heavy atom. The quantitative estimate of drug-likeness (QED) is 0.581. The standard InChI is InChI=1S/C18H31N/c1-4-6-7-8-9-18(15-19-14-5-2)17-12-10-16(3)11-13-17/h10-13,18-19H,4-9,14-15H2,1-3H3. The van der Waals surface area contributed by atoms with E-state index in [2.05, 4.69) is 50.4 Å². The summed E-state index contributed by atoms with van der Waals surface area (Å²) in [6, 6.07) is 9.11. The van der Waals surface area contributed by atoms with Gasteiger partial charge in [-0.05, 0) is 37.8 Å². The highest BCUT2D eigenvalue weighted by atomic mass is 14.8. The van der Waals surface area contributed by atoms with Gasteiger partial charge in [-0.25, -0.2) is 0 Å². The minimum absolute atomic E-state index is 0.684. The summed E-state index contributed by atoms with van der Waals surface area (Å²) < 4.78 is 0. The predicted octanol–water partition coefficient (Wildman–Crippen LogP) is 5.05. The van der Waals surface area contributed by atoms with Crippen molar-refractivity contribution in [2.45, 2.75) is 65.2 Å². The highest BCUT2D eigenvalue weighted by molar-refractivity contribution is 5.24. The van der Waals surface area contributed by atoms with Gasteiger partial charge in [0.2, 0.25) is 0 Å². The summed E-state index contributed by atoms with van der Waals surface area (Å²) in [6.45, 7) is 8.94. The maximum Gasteiger partial charge on any atom is 0.00201 e. The first-order valence-corrected chi connectivity index (χ1v) is 8.05. The van der Waals surface area contributed by atoms with Gasteiger partial charge in [-0.1, -0.05) is 69.4 Å². The molecule has 0 aliphatic carbocycles. The summed E-state index contributed by atoms with van der Waals surface area (Å²) in [5.74, 6) is 0.684. The van der Waals surface area contributed by atoms with Gasteiger partial charge in [0, 0.05) is 6.54 Å². The van der Waals surface area contributed by atoms with Crippen LogP contribution in [0.5, 0.6) is 0 Å². The maximum atomic E-state index is 3.59. The third kappa shape index (κ3) is 6.77. The number of nitrogens with one attached hydrogen (secondary N) is 1. The summed E-state index contributed by atoms with van der Waals surface area (Å²) in [5, 5.41) is 3.59. The topological polar surface area (TPSA) is 12.0 Å². The molecular weight excluding hydrogens is 230 g/mol. The highest BCUT2D eigenvalue weighted by Crippen LogP contribution is 2.22. The van der Waals surface area contributed by atoms with E-state index in [1.165, 1.54) is 49.7 Å². The van der Waals surface area contributed by atoms with Crippen molar-refractivity contribution in [2.24, 2.45) is 0 Å². The Hall–Kier alpha value is -0.820. The van der Waals surface area contributed by atoms with E-state index in [4.69, 9.17) is 0 Å². The minimum atomic E-state index is 0.684. The lowest BCUT2D eigenvalue weighted by Crippen LogP contribution is -2.22. The van der Waals surface area contributed by atoms with Crippen molar-refractivity contribution in [2.75, 3.05) is 13.1 Å². The smallest absolute Gasteiger partial charge is 0.00201 e. The van der Waals surface area contributed by atoms with Crippen molar-refractivity contribution >= 4 is 0 Å². The SMILES string of the molecule is CCCCCCC(CNCCC)c1ccc(C)cc1. The number of hydrogen-bond acceptors (Lipinski definition) is 1. The van der Waals surface area contributed by atoms with Crippen LogP contribution in [0.2, 0.25) is 0 Å².